The predicted octanol–water partition coefficient (Wildman–Crippen LogP) is 3.24. The molecule has 4 nitrogen and oxygen atoms in total. The monoisotopic (exact) mass is 323 g/mol. The first-order chi connectivity index (χ1) is 11.7. The Labute approximate surface area is 144 Å². The molecule has 0 aromatic heterocycles. The Morgan fingerprint density at radius 1 is 1.00 bits per heavy atom. The summed E-state index contributed by atoms with van der Waals surface area (Å²) in [6.07, 6.45) is 0. The van der Waals surface area contributed by atoms with Crippen LogP contribution in [0.15, 0.2) is 59.7 Å². The molecule has 1 aliphatic rings. The summed E-state index contributed by atoms with van der Waals surface area (Å²) in [4.78, 5) is 2.49. The summed E-state index contributed by atoms with van der Waals surface area (Å²) in [5.41, 5.74) is 3.52. The number of hydrogen-bond donors (Lipinski definition) is 0. The minimum atomic E-state index is 0.870. The molecule has 1 saturated heterocycles. The third-order valence-corrected chi connectivity index (χ3v) is 4.38. The first kappa shape index (κ1) is 16.5. The Morgan fingerprint density at radius 3 is 2.46 bits per heavy atom. The highest BCUT2D eigenvalue weighted by Crippen LogP contribution is 2.14. The molecule has 0 radical (unpaired) electrons. The van der Waals surface area contributed by atoms with Gasteiger partial charge in [0.2, 0.25) is 0 Å². The van der Waals surface area contributed by atoms with Crippen molar-refractivity contribution in [2.24, 2.45) is 5.10 Å². The lowest BCUT2D eigenvalue weighted by molar-refractivity contribution is 0.130. The molecule has 0 atom stereocenters. The van der Waals surface area contributed by atoms with E-state index in [2.05, 4.69) is 53.2 Å². The van der Waals surface area contributed by atoms with E-state index in [1.807, 2.05) is 18.2 Å². The zero-order valence-electron chi connectivity index (χ0n) is 14.5. The predicted molar refractivity (Wildman–Crippen MR) is 98.5 cm³/mol. The van der Waals surface area contributed by atoms with Crippen LogP contribution in [0.1, 0.15) is 18.1 Å². The molecule has 0 unspecified atom stereocenters. The van der Waals surface area contributed by atoms with Gasteiger partial charge in [0.15, 0.2) is 0 Å². The van der Waals surface area contributed by atoms with E-state index in [-0.39, 0.29) is 0 Å². The van der Waals surface area contributed by atoms with Gasteiger partial charge in [-0.2, -0.15) is 5.10 Å². The molecular weight excluding hydrogens is 298 g/mol. The van der Waals surface area contributed by atoms with Gasteiger partial charge < -0.3 is 4.74 Å². The van der Waals surface area contributed by atoms with Gasteiger partial charge in [0.1, 0.15) is 5.75 Å². The number of methoxy groups -OCH3 is 1. The van der Waals surface area contributed by atoms with Gasteiger partial charge in [-0.15, -0.1) is 0 Å². The molecule has 4 heteroatoms. The Balaban J connectivity index is 1.56. The van der Waals surface area contributed by atoms with E-state index in [0.717, 1.165) is 49.7 Å². The molecule has 0 saturated carbocycles. The highest BCUT2D eigenvalue weighted by Gasteiger charge is 2.16. The zero-order valence-corrected chi connectivity index (χ0v) is 14.5. The standard InChI is InChI=1S/C20H25N3O/c1-17(19-9-6-10-20(15-19)24-2)21-23-13-11-22(12-14-23)16-18-7-4-3-5-8-18/h3-10,15H,11-14,16H2,1-2H3/b21-17+. The van der Waals surface area contributed by atoms with Crippen LogP contribution in [0.3, 0.4) is 0 Å². The van der Waals surface area contributed by atoms with E-state index in [4.69, 9.17) is 9.84 Å². The number of hydrazone groups is 1. The summed E-state index contributed by atoms with van der Waals surface area (Å²) >= 11 is 0. The number of benzene rings is 2. The summed E-state index contributed by atoms with van der Waals surface area (Å²) in [6, 6.07) is 18.7. The first-order valence-corrected chi connectivity index (χ1v) is 8.45. The lowest BCUT2D eigenvalue weighted by Crippen LogP contribution is -2.43. The normalized spacial score (nSPS) is 16.2. The van der Waals surface area contributed by atoms with Crippen LogP contribution in [0.5, 0.6) is 5.75 Å². The van der Waals surface area contributed by atoms with Crippen molar-refractivity contribution in [2.75, 3.05) is 33.3 Å². The third-order valence-electron chi connectivity index (χ3n) is 4.38. The van der Waals surface area contributed by atoms with Gasteiger partial charge in [-0.1, -0.05) is 42.5 Å². The maximum Gasteiger partial charge on any atom is 0.119 e. The van der Waals surface area contributed by atoms with E-state index in [9.17, 15) is 0 Å². The van der Waals surface area contributed by atoms with Crippen molar-refractivity contribution in [1.82, 2.24) is 9.91 Å². The molecule has 3 rings (SSSR count). The molecule has 0 spiro atoms. The summed E-state index contributed by atoms with van der Waals surface area (Å²) in [7, 11) is 1.69. The minimum Gasteiger partial charge on any atom is -0.497 e. The number of rotatable bonds is 5. The number of hydrogen-bond acceptors (Lipinski definition) is 4. The van der Waals surface area contributed by atoms with Gasteiger partial charge in [0.25, 0.3) is 0 Å². The van der Waals surface area contributed by atoms with Crippen molar-refractivity contribution in [2.45, 2.75) is 13.5 Å². The maximum absolute atomic E-state index is 5.29. The molecular formula is C20H25N3O. The van der Waals surface area contributed by atoms with Gasteiger partial charge >= 0.3 is 0 Å². The van der Waals surface area contributed by atoms with Crippen LogP contribution >= 0.6 is 0 Å². The molecule has 126 valence electrons. The van der Waals surface area contributed by atoms with Crippen molar-refractivity contribution < 1.29 is 4.74 Å². The highest BCUT2D eigenvalue weighted by atomic mass is 16.5. The van der Waals surface area contributed by atoms with Crippen molar-refractivity contribution in [3.8, 4) is 5.75 Å². The summed E-state index contributed by atoms with van der Waals surface area (Å²) in [6.45, 7) is 7.11. The van der Waals surface area contributed by atoms with Crippen molar-refractivity contribution in [3.63, 3.8) is 0 Å². The van der Waals surface area contributed by atoms with E-state index in [1.54, 1.807) is 7.11 Å². The van der Waals surface area contributed by atoms with Crippen molar-refractivity contribution in [1.29, 1.82) is 0 Å². The van der Waals surface area contributed by atoms with Crippen LogP contribution < -0.4 is 4.74 Å². The largest absolute Gasteiger partial charge is 0.497 e. The fourth-order valence-electron chi connectivity index (χ4n) is 2.96. The van der Waals surface area contributed by atoms with Gasteiger partial charge in [0, 0.05) is 38.3 Å². The Hall–Kier alpha value is -2.33. The smallest absolute Gasteiger partial charge is 0.119 e. The average Bonchev–Trinajstić information content (AvgIpc) is 2.64. The molecule has 0 N–H and O–H groups in total. The van der Waals surface area contributed by atoms with E-state index < -0.39 is 0 Å². The van der Waals surface area contributed by atoms with Crippen LogP contribution in [0, 0.1) is 0 Å². The Morgan fingerprint density at radius 2 is 1.75 bits per heavy atom. The second-order valence-electron chi connectivity index (χ2n) is 6.13. The van der Waals surface area contributed by atoms with Crippen LogP contribution in [-0.4, -0.2) is 48.9 Å². The fourth-order valence-corrected chi connectivity index (χ4v) is 2.96. The zero-order chi connectivity index (χ0) is 16.8. The second kappa shape index (κ2) is 7.97. The third kappa shape index (κ3) is 4.36. The van der Waals surface area contributed by atoms with Crippen LogP contribution in [0.4, 0.5) is 0 Å². The molecule has 0 amide bonds. The van der Waals surface area contributed by atoms with Gasteiger partial charge in [-0.25, -0.2) is 0 Å². The molecule has 1 aliphatic heterocycles. The lowest BCUT2D eigenvalue weighted by Gasteiger charge is -2.33. The fraction of sp³-hybridized carbons (Fsp3) is 0.350. The Kier molecular flexibility index (Phi) is 5.49. The van der Waals surface area contributed by atoms with Gasteiger partial charge in [-0.3, -0.25) is 9.91 Å². The molecule has 1 heterocycles. The summed E-state index contributed by atoms with van der Waals surface area (Å²) < 4.78 is 5.29. The molecule has 2 aromatic carbocycles. The molecule has 2 aromatic rings. The second-order valence-corrected chi connectivity index (χ2v) is 6.13. The van der Waals surface area contributed by atoms with Crippen molar-refractivity contribution >= 4 is 5.71 Å². The van der Waals surface area contributed by atoms with E-state index >= 15 is 0 Å². The topological polar surface area (TPSA) is 28.1 Å². The highest BCUT2D eigenvalue weighted by molar-refractivity contribution is 5.98. The minimum absolute atomic E-state index is 0.870. The summed E-state index contributed by atoms with van der Waals surface area (Å²) in [5.74, 6) is 0.870. The lowest BCUT2D eigenvalue weighted by atomic mass is 10.1. The average molecular weight is 323 g/mol. The van der Waals surface area contributed by atoms with Gasteiger partial charge in [0.05, 0.1) is 12.8 Å². The quantitative estimate of drug-likeness (QED) is 0.791. The van der Waals surface area contributed by atoms with Crippen LogP contribution in [0.25, 0.3) is 0 Å². The number of nitrogens with zero attached hydrogens (tertiary/aromatic N) is 3. The number of piperazine rings is 1. The summed E-state index contributed by atoms with van der Waals surface area (Å²) in [5, 5.41) is 6.97. The van der Waals surface area contributed by atoms with Gasteiger partial charge in [-0.05, 0) is 24.6 Å². The van der Waals surface area contributed by atoms with Crippen LogP contribution in [0.2, 0.25) is 0 Å². The molecule has 24 heavy (non-hydrogen) atoms. The SMILES string of the molecule is COc1cccc(/C(C)=N/N2CCN(Cc3ccccc3)CC2)c1. The van der Waals surface area contributed by atoms with E-state index in [1.165, 1.54) is 5.56 Å². The van der Waals surface area contributed by atoms with Crippen LogP contribution in [-0.2, 0) is 6.54 Å². The van der Waals surface area contributed by atoms with Crippen molar-refractivity contribution in [3.05, 3.63) is 65.7 Å². The molecule has 0 aliphatic carbocycles. The first-order valence-electron chi connectivity index (χ1n) is 8.45. The number of ether oxygens (including phenoxy) is 1. The maximum atomic E-state index is 5.29. The Bertz CT molecular complexity index is 676. The molecule has 0 bridgehead atoms. The van der Waals surface area contributed by atoms with E-state index in [0.29, 0.717) is 0 Å². The molecule has 1 fully saturated rings.